The van der Waals surface area contributed by atoms with Crippen LogP contribution in [-0.2, 0) is 4.79 Å². The number of halogens is 2. The Kier molecular flexibility index (Phi) is 2.66. The molecule has 1 aromatic rings. The Morgan fingerprint density at radius 3 is 2.25 bits per heavy atom. The monoisotopic (exact) mass is 240 g/mol. The van der Waals surface area contributed by atoms with Crippen molar-refractivity contribution in [2.24, 2.45) is 0 Å². The number of thiocarbonyl (C=S) groups is 1. The van der Waals surface area contributed by atoms with E-state index < -0.39 is 17.5 Å². The first-order valence-corrected chi connectivity index (χ1v) is 4.75. The summed E-state index contributed by atoms with van der Waals surface area (Å²) >= 11 is 4.71. The second-order valence-electron chi connectivity index (χ2n) is 3.17. The van der Waals surface area contributed by atoms with E-state index in [2.05, 4.69) is 10.6 Å². The zero-order chi connectivity index (χ0) is 11.7. The molecular formula is C10H6F2N2OS. The molecule has 0 unspecified atom stereocenters. The van der Waals surface area contributed by atoms with E-state index in [0.717, 1.165) is 18.2 Å². The van der Waals surface area contributed by atoms with Crippen LogP contribution < -0.4 is 10.6 Å². The Morgan fingerprint density at radius 1 is 1.12 bits per heavy atom. The van der Waals surface area contributed by atoms with Crippen molar-refractivity contribution in [3.8, 4) is 0 Å². The van der Waals surface area contributed by atoms with Crippen molar-refractivity contribution in [3.05, 3.63) is 41.1 Å². The van der Waals surface area contributed by atoms with Gasteiger partial charge in [-0.3, -0.25) is 10.1 Å². The van der Waals surface area contributed by atoms with Crippen LogP contribution in [0.4, 0.5) is 8.78 Å². The lowest BCUT2D eigenvalue weighted by Gasteiger charge is -1.97. The highest BCUT2D eigenvalue weighted by Gasteiger charge is 2.19. The van der Waals surface area contributed by atoms with Gasteiger partial charge in [-0.15, -0.1) is 0 Å². The van der Waals surface area contributed by atoms with Crippen molar-refractivity contribution < 1.29 is 13.6 Å². The molecule has 1 saturated heterocycles. The number of carbonyl (C=O) groups excluding carboxylic acids is 1. The van der Waals surface area contributed by atoms with Crippen molar-refractivity contribution in [3.63, 3.8) is 0 Å². The highest BCUT2D eigenvalue weighted by Crippen LogP contribution is 2.12. The summed E-state index contributed by atoms with van der Waals surface area (Å²) in [6.07, 6.45) is 1.32. The molecule has 16 heavy (non-hydrogen) atoms. The molecule has 1 aliphatic rings. The summed E-state index contributed by atoms with van der Waals surface area (Å²) in [6.45, 7) is 0. The fourth-order valence-electron chi connectivity index (χ4n) is 1.31. The number of amides is 1. The molecule has 0 spiro atoms. The Labute approximate surface area is 95.1 Å². The maximum atomic E-state index is 12.9. The largest absolute Gasteiger partial charge is 0.328 e. The van der Waals surface area contributed by atoms with E-state index >= 15 is 0 Å². The van der Waals surface area contributed by atoms with Crippen molar-refractivity contribution in [1.82, 2.24) is 10.6 Å². The van der Waals surface area contributed by atoms with Gasteiger partial charge in [-0.2, -0.15) is 0 Å². The Morgan fingerprint density at radius 2 is 1.75 bits per heavy atom. The summed E-state index contributed by atoms with van der Waals surface area (Å²) in [5, 5.41) is 5.09. The molecule has 1 aromatic carbocycles. The van der Waals surface area contributed by atoms with Gasteiger partial charge >= 0.3 is 0 Å². The number of carbonyl (C=O) groups is 1. The van der Waals surface area contributed by atoms with Crippen LogP contribution in [0, 0.1) is 11.6 Å². The van der Waals surface area contributed by atoms with Gasteiger partial charge in [0.05, 0.1) is 0 Å². The van der Waals surface area contributed by atoms with Crippen molar-refractivity contribution >= 4 is 29.3 Å². The van der Waals surface area contributed by atoms with E-state index in [1.54, 1.807) is 0 Å². The topological polar surface area (TPSA) is 41.1 Å². The minimum Gasteiger partial charge on any atom is -0.328 e. The van der Waals surface area contributed by atoms with Crippen LogP contribution in [0.15, 0.2) is 23.9 Å². The third kappa shape index (κ3) is 2.22. The second-order valence-corrected chi connectivity index (χ2v) is 3.58. The Balaban J connectivity index is 2.36. The van der Waals surface area contributed by atoms with Crippen LogP contribution in [0.1, 0.15) is 5.56 Å². The molecule has 2 N–H and O–H groups in total. The molecular weight excluding hydrogens is 234 g/mol. The lowest BCUT2D eigenvalue weighted by molar-refractivity contribution is -0.115. The quantitative estimate of drug-likeness (QED) is 0.574. The summed E-state index contributed by atoms with van der Waals surface area (Å²) in [6, 6.07) is 2.99. The van der Waals surface area contributed by atoms with Gasteiger partial charge in [0.2, 0.25) is 0 Å². The third-order valence-electron chi connectivity index (χ3n) is 1.92. The Hall–Kier alpha value is -1.82. The van der Waals surface area contributed by atoms with Crippen molar-refractivity contribution in [2.45, 2.75) is 0 Å². The minimum atomic E-state index is -0.701. The Bertz CT molecular complexity index is 493. The first-order chi connectivity index (χ1) is 7.54. The van der Waals surface area contributed by atoms with Crippen molar-refractivity contribution in [2.75, 3.05) is 0 Å². The molecule has 0 saturated carbocycles. The molecule has 0 aliphatic carbocycles. The van der Waals surface area contributed by atoms with E-state index in [0.29, 0.717) is 0 Å². The highest BCUT2D eigenvalue weighted by atomic mass is 32.1. The molecule has 3 nitrogen and oxygen atoms in total. The maximum Gasteiger partial charge on any atom is 0.273 e. The van der Waals surface area contributed by atoms with Gasteiger partial charge in [0.1, 0.15) is 17.3 Å². The van der Waals surface area contributed by atoms with Crippen LogP contribution in [-0.4, -0.2) is 11.0 Å². The number of nitrogens with one attached hydrogen (secondary N) is 2. The van der Waals surface area contributed by atoms with Gasteiger partial charge < -0.3 is 5.32 Å². The van der Waals surface area contributed by atoms with E-state index in [9.17, 15) is 13.6 Å². The van der Waals surface area contributed by atoms with Gasteiger partial charge in [-0.05, 0) is 36.0 Å². The summed E-state index contributed by atoms with van der Waals surface area (Å²) in [4.78, 5) is 11.2. The van der Waals surface area contributed by atoms with E-state index in [1.807, 2.05) is 0 Å². The summed E-state index contributed by atoms with van der Waals surface area (Å²) < 4.78 is 25.7. The number of hydrogen-bond acceptors (Lipinski definition) is 2. The van der Waals surface area contributed by atoms with Gasteiger partial charge in [-0.1, -0.05) is 0 Å². The normalized spacial score (nSPS) is 17.5. The zero-order valence-corrected chi connectivity index (χ0v) is 8.70. The minimum absolute atomic E-state index is 0.162. The maximum absolute atomic E-state index is 12.9. The van der Waals surface area contributed by atoms with Crippen LogP contribution >= 0.6 is 12.2 Å². The summed E-state index contributed by atoms with van der Waals surface area (Å²) in [5.41, 5.74) is 0.412. The zero-order valence-electron chi connectivity index (χ0n) is 7.88. The molecule has 1 fully saturated rings. The van der Waals surface area contributed by atoms with Crippen LogP contribution in [0.5, 0.6) is 0 Å². The molecule has 6 heteroatoms. The van der Waals surface area contributed by atoms with Gasteiger partial charge in [0.25, 0.3) is 5.91 Å². The van der Waals surface area contributed by atoms with Crippen molar-refractivity contribution in [1.29, 1.82) is 0 Å². The summed E-state index contributed by atoms with van der Waals surface area (Å²) in [5.74, 6) is -1.82. The van der Waals surface area contributed by atoms with Crippen LogP contribution in [0.3, 0.4) is 0 Å². The SMILES string of the molecule is O=C1NC(=S)N/C1=C/c1cc(F)cc(F)c1. The molecule has 2 rings (SSSR count). The van der Waals surface area contributed by atoms with E-state index in [4.69, 9.17) is 12.2 Å². The lowest BCUT2D eigenvalue weighted by atomic mass is 10.2. The van der Waals surface area contributed by atoms with Gasteiger partial charge in [0.15, 0.2) is 5.11 Å². The summed E-state index contributed by atoms with van der Waals surface area (Å²) in [7, 11) is 0. The first kappa shape index (κ1) is 10.7. The van der Waals surface area contributed by atoms with Crippen LogP contribution in [0.2, 0.25) is 0 Å². The molecule has 1 heterocycles. The predicted molar refractivity (Wildman–Crippen MR) is 58.2 cm³/mol. The average molecular weight is 240 g/mol. The molecule has 0 radical (unpaired) electrons. The molecule has 1 amide bonds. The third-order valence-corrected chi connectivity index (χ3v) is 2.12. The fourth-order valence-corrected chi connectivity index (χ4v) is 1.51. The molecule has 0 bridgehead atoms. The fraction of sp³-hybridized carbons (Fsp3) is 0. The molecule has 82 valence electrons. The highest BCUT2D eigenvalue weighted by molar-refractivity contribution is 7.80. The van der Waals surface area contributed by atoms with Gasteiger partial charge in [0, 0.05) is 6.07 Å². The molecule has 0 aromatic heterocycles. The second kappa shape index (κ2) is 3.97. The van der Waals surface area contributed by atoms with Gasteiger partial charge in [-0.25, -0.2) is 8.78 Å². The number of benzene rings is 1. The lowest BCUT2D eigenvalue weighted by Crippen LogP contribution is -2.21. The first-order valence-electron chi connectivity index (χ1n) is 4.35. The average Bonchev–Trinajstić information content (AvgIpc) is 2.43. The predicted octanol–water partition coefficient (Wildman–Crippen LogP) is 1.31. The number of rotatable bonds is 1. The van der Waals surface area contributed by atoms with Crippen LogP contribution in [0.25, 0.3) is 6.08 Å². The van der Waals surface area contributed by atoms with E-state index in [-0.39, 0.29) is 16.4 Å². The molecule has 1 aliphatic heterocycles. The molecule has 0 atom stereocenters. The van der Waals surface area contributed by atoms with E-state index in [1.165, 1.54) is 6.08 Å². The smallest absolute Gasteiger partial charge is 0.273 e. The number of hydrogen-bond donors (Lipinski definition) is 2. The standard InChI is InChI=1S/C10H6F2N2OS/c11-6-1-5(2-7(12)4-6)3-8-9(15)14-10(16)13-8/h1-4H,(H2,13,14,15,16)/b8-3+.